The number of amides is 3. The van der Waals surface area contributed by atoms with Crippen LogP contribution in [0.4, 0.5) is 30.2 Å². The smallest absolute Gasteiger partial charge is 0.280 e. The quantitative estimate of drug-likeness (QED) is 0.0559. The molecule has 3 fully saturated rings. The highest BCUT2D eigenvalue weighted by Gasteiger charge is 2.44. The largest absolute Gasteiger partial charge is 0.325 e. The van der Waals surface area contributed by atoms with Gasteiger partial charge < -0.3 is 16.0 Å². The van der Waals surface area contributed by atoms with Crippen LogP contribution in [-0.4, -0.2) is 125 Å². The number of hydrogen-bond acceptors (Lipinski definition) is 15. The Kier molecular flexibility index (Phi) is 26.7. The van der Waals surface area contributed by atoms with Crippen LogP contribution < -0.4 is 30.1 Å². The molecule has 24 nitrogen and oxygen atoms in total. The first-order valence-corrected chi connectivity index (χ1v) is 37.5. The molecule has 0 saturated carbocycles. The fourth-order valence-electron chi connectivity index (χ4n) is 10.4. The van der Waals surface area contributed by atoms with Gasteiger partial charge in [-0.25, -0.2) is 13.2 Å². The number of hydrogen-bond donors (Lipinski definition) is 6. The van der Waals surface area contributed by atoms with Crippen LogP contribution in [0.1, 0.15) is 95.1 Å². The first-order valence-electron chi connectivity index (χ1n) is 29.4. The van der Waals surface area contributed by atoms with E-state index >= 15 is 0 Å². The topological polar surface area (TPSA) is 289 Å². The number of nitrogens with zero attached hydrogens (tertiary/aromatic N) is 9. The normalized spacial score (nSPS) is 20.2. The predicted molar refractivity (Wildman–Crippen MR) is 387 cm³/mol. The van der Waals surface area contributed by atoms with Crippen molar-refractivity contribution in [2.45, 2.75) is 118 Å². The predicted octanol–water partition coefficient (Wildman–Crippen LogP) is 12.8. The molecule has 9 aromatic rings. The van der Waals surface area contributed by atoms with E-state index in [0.29, 0.717) is 0 Å². The van der Waals surface area contributed by atoms with Crippen molar-refractivity contribution < 1.29 is 52.8 Å². The fourth-order valence-corrected chi connectivity index (χ4v) is 17.9. The van der Waals surface area contributed by atoms with Gasteiger partial charge in [0.2, 0.25) is 17.7 Å². The summed E-state index contributed by atoms with van der Waals surface area (Å²) >= 11 is 21.6. The molecule has 36 heteroatoms. The number of halogens is 6. The summed E-state index contributed by atoms with van der Waals surface area (Å²) in [5, 5.41) is 26.1. The average Bonchev–Trinajstić information content (AvgIpc) is 1.76. The lowest BCUT2D eigenvalue weighted by atomic mass is 10.0. The van der Waals surface area contributed by atoms with E-state index in [1.165, 1.54) is 91.6 Å². The summed E-state index contributed by atoms with van der Waals surface area (Å²) in [6, 6.07) is 12.5. The van der Waals surface area contributed by atoms with E-state index in [0.717, 1.165) is 98.8 Å². The van der Waals surface area contributed by atoms with Crippen LogP contribution in [0.15, 0.2) is 126 Å². The number of carbonyl (C=O) groups is 3. The van der Waals surface area contributed by atoms with Crippen molar-refractivity contribution in [1.29, 1.82) is 0 Å². The first-order chi connectivity index (χ1) is 45.5. The Morgan fingerprint density at radius 2 is 0.707 bits per heavy atom. The van der Waals surface area contributed by atoms with Gasteiger partial charge in [0.15, 0.2) is 0 Å². The zero-order valence-electron chi connectivity index (χ0n) is 51.7. The zero-order chi connectivity index (χ0) is 69.1. The van der Waals surface area contributed by atoms with Crippen LogP contribution in [0.25, 0.3) is 33.4 Å². The number of anilines is 3. The third kappa shape index (κ3) is 18.6. The Hall–Kier alpha value is -6.93. The third-order valence-corrected chi connectivity index (χ3v) is 24.7. The van der Waals surface area contributed by atoms with E-state index < -0.39 is 102 Å². The molecule has 3 amide bonds. The van der Waals surface area contributed by atoms with E-state index in [-0.39, 0.29) is 73.7 Å². The fraction of sp³-hybridized carbons (Fsp3) is 0.333. The Morgan fingerprint density at radius 3 is 0.929 bits per heavy atom. The molecule has 6 atom stereocenters. The van der Waals surface area contributed by atoms with Gasteiger partial charge in [0.05, 0.1) is 51.8 Å². The standard InChI is InChI=1S/3C20H21ClFN5O3S2.3CH4/c3*1-3-27-10-13(9-23-27)12-6-19(31-11-12)17-8-18(26(2)32(29,30)25-17)20(28)24-14-4-5-16(22)15(21)7-14;;;/h3*4-7,9-11,17-18,25H,3,8H2,1-2H3,(H,24,28);3*1H4/t2*17-,18+;;;;/m10..../s1. The summed E-state index contributed by atoms with van der Waals surface area (Å²) in [6.45, 7) is 8.24. The van der Waals surface area contributed by atoms with Crippen molar-refractivity contribution >= 4 is 134 Å². The van der Waals surface area contributed by atoms with Crippen molar-refractivity contribution in [2.24, 2.45) is 0 Å². The molecule has 0 radical (unpaired) electrons. The van der Waals surface area contributed by atoms with Crippen LogP contribution in [0.2, 0.25) is 15.1 Å². The van der Waals surface area contributed by atoms with Gasteiger partial charge in [-0.3, -0.25) is 28.4 Å². The monoisotopic (exact) mass is 1540 g/mol. The van der Waals surface area contributed by atoms with Gasteiger partial charge in [0.25, 0.3) is 30.6 Å². The summed E-state index contributed by atoms with van der Waals surface area (Å²) in [4.78, 5) is 41.1. The van der Waals surface area contributed by atoms with Crippen molar-refractivity contribution in [3.63, 3.8) is 0 Å². The summed E-state index contributed by atoms with van der Waals surface area (Å²) in [7, 11) is -7.63. The Bertz CT molecular complexity index is 4240. The molecule has 6 aromatic heterocycles. The molecular formula is C63H75Cl3F3N15O9S6. The van der Waals surface area contributed by atoms with Gasteiger partial charge in [-0.1, -0.05) is 57.1 Å². The van der Waals surface area contributed by atoms with Crippen molar-refractivity contribution in [2.75, 3.05) is 37.1 Å². The van der Waals surface area contributed by atoms with Crippen LogP contribution in [0, 0.1) is 17.5 Å². The zero-order valence-corrected chi connectivity index (χ0v) is 58.9. The van der Waals surface area contributed by atoms with Gasteiger partial charge in [0, 0.05) is 108 Å². The van der Waals surface area contributed by atoms with E-state index in [2.05, 4.69) is 45.4 Å². The Balaban J connectivity index is 0.000000206. The van der Waals surface area contributed by atoms with E-state index in [1.807, 2.05) is 87.7 Å². The maximum absolute atomic E-state index is 13.4. The van der Waals surface area contributed by atoms with Gasteiger partial charge >= 0.3 is 0 Å². The second-order valence-corrected chi connectivity index (χ2v) is 31.5. The molecule has 12 rings (SSSR count). The molecule has 3 aliphatic rings. The number of aromatic nitrogens is 6. The average molecular weight is 1540 g/mol. The number of aryl methyl sites for hydroxylation is 3. The maximum atomic E-state index is 13.4. The highest BCUT2D eigenvalue weighted by Crippen LogP contribution is 2.39. The molecule has 3 aromatic carbocycles. The van der Waals surface area contributed by atoms with Crippen LogP contribution in [0.5, 0.6) is 0 Å². The molecular weight excluding hydrogens is 1470 g/mol. The second-order valence-electron chi connectivity index (χ2n) is 22.2. The lowest BCUT2D eigenvalue weighted by Gasteiger charge is -2.35. The summed E-state index contributed by atoms with van der Waals surface area (Å²) in [5.41, 5.74) is 6.48. The maximum Gasteiger partial charge on any atom is 0.280 e. The summed E-state index contributed by atoms with van der Waals surface area (Å²) in [5.74, 6) is -3.39. The molecule has 9 heterocycles. The lowest BCUT2D eigenvalue weighted by Crippen LogP contribution is -2.55. The van der Waals surface area contributed by atoms with Gasteiger partial charge in [0.1, 0.15) is 35.6 Å². The number of nitrogens with one attached hydrogen (secondary N) is 6. The van der Waals surface area contributed by atoms with Crippen molar-refractivity contribution in [1.82, 2.24) is 56.4 Å². The van der Waals surface area contributed by atoms with Crippen molar-refractivity contribution in [3.05, 3.63) is 173 Å². The molecule has 6 N–H and O–H groups in total. The SMILES string of the molecule is C.C.C.CCn1cc(-c2csc(C3CC(C(=O)Nc4ccc(F)c(Cl)c4)N(C)S(=O)(=O)N3)c2)cn1.CCn1cc(-c2csc([C@@H]3C[C@H](C(=O)Nc4ccc(F)c(Cl)c4)N(C)S(=O)(=O)N3)c2)cn1.CCn1cc(-c2csc([C@H]3C[C@@H](C(=O)Nc4ccc(F)c(Cl)c4)N(C)S(=O)(=O)N3)c2)cn1. The minimum atomic E-state index is -3.89. The summed E-state index contributed by atoms with van der Waals surface area (Å²) in [6.07, 6.45) is 11.7. The number of likely N-dealkylation sites (N-methyl/N-ethyl adjacent to an activating group) is 3. The van der Waals surface area contributed by atoms with Gasteiger partial charge in [-0.2, -0.15) is 67.6 Å². The van der Waals surface area contributed by atoms with Crippen LogP contribution >= 0.6 is 68.8 Å². The van der Waals surface area contributed by atoms with E-state index in [1.54, 1.807) is 18.6 Å². The third-order valence-electron chi connectivity index (χ3n) is 15.9. The highest BCUT2D eigenvalue weighted by atomic mass is 35.5. The summed E-state index contributed by atoms with van der Waals surface area (Å²) < 4.78 is 133. The van der Waals surface area contributed by atoms with Crippen LogP contribution in [0.3, 0.4) is 0 Å². The lowest BCUT2D eigenvalue weighted by molar-refractivity contribution is -0.120. The Morgan fingerprint density at radius 1 is 0.455 bits per heavy atom. The number of carbonyl (C=O) groups excluding carboxylic acids is 3. The first kappa shape index (κ1) is 79.4. The molecule has 0 spiro atoms. The number of benzene rings is 3. The molecule has 2 unspecified atom stereocenters. The molecule has 0 bridgehead atoms. The van der Waals surface area contributed by atoms with Gasteiger partial charge in [-0.05, 0) is 146 Å². The molecule has 534 valence electrons. The Labute approximate surface area is 601 Å². The van der Waals surface area contributed by atoms with E-state index in [4.69, 9.17) is 34.8 Å². The molecule has 0 aliphatic carbocycles. The van der Waals surface area contributed by atoms with Gasteiger partial charge in [-0.15, -0.1) is 34.0 Å². The second kappa shape index (κ2) is 33.2. The minimum Gasteiger partial charge on any atom is -0.325 e. The van der Waals surface area contributed by atoms with Crippen LogP contribution in [-0.2, 0) is 64.6 Å². The number of thiophene rings is 3. The molecule has 99 heavy (non-hydrogen) atoms. The molecule has 3 saturated heterocycles. The highest BCUT2D eigenvalue weighted by molar-refractivity contribution is 7.87. The van der Waals surface area contributed by atoms with Crippen molar-refractivity contribution in [3.8, 4) is 33.4 Å². The number of rotatable bonds is 15. The minimum absolute atomic E-state index is 0. The molecule has 3 aliphatic heterocycles. The van der Waals surface area contributed by atoms with E-state index in [9.17, 15) is 52.8 Å².